The molecule has 0 aliphatic heterocycles. The predicted octanol–water partition coefficient (Wildman–Crippen LogP) is 5.12. The van der Waals surface area contributed by atoms with Crippen LogP contribution in [0, 0.1) is 0 Å². The molecule has 4 rings (SSSR count). The number of aryl methyl sites for hydroxylation is 2. The molecule has 0 saturated heterocycles. The van der Waals surface area contributed by atoms with Gasteiger partial charge in [0, 0.05) is 27.7 Å². The minimum Gasteiger partial charge on any atom is -0.358 e. The van der Waals surface area contributed by atoms with Gasteiger partial charge >= 0.3 is 0 Å². The molecule has 2 N–H and O–H groups in total. The van der Waals surface area contributed by atoms with Crippen molar-refractivity contribution < 1.29 is 4.79 Å². The zero-order chi connectivity index (χ0) is 18.1. The summed E-state index contributed by atoms with van der Waals surface area (Å²) in [5.74, 6) is -0.267. The number of amides is 1. The van der Waals surface area contributed by atoms with Crippen molar-refractivity contribution in [2.45, 2.75) is 25.7 Å². The first kappa shape index (κ1) is 17.1. The van der Waals surface area contributed by atoms with Gasteiger partial charge in [0.05, 0.1) is 16.3 Å². The summed E-state index contributed by atoms with van der Waals surface area (Å²) in [6, 6.07) is 10.9. The Kier molecular flexibility index (Phi) is 4.70. The molecule has 0 spiro atoms. The number of H-pyrrole nitrogens is 1. The summed E-state index contributed by atoms with van der Waals surface area (Å²) in [5.41, 5.74) is 7.42. The van der Waals surface area contributed by atoms with Gasteiger partial charge in [0.15, 0.2) is 0 Å². The third-order valence-electron chi connectivity index (χ3n) is 4.72. The number of fused-ring (bicyclic) bond motifs is 3. The summed E-state index contributed by atoms with van der Waals surface area (Å²) in [4.78, 5) is 15.9. The zero-order valence-corrected chi connectivity index (χ0v) is 15.5. The van der Waals surface area contributed by atoms with Gasteiger partial charge < -0.3 is 4.98 Å². The van der Waals surface area contributed by atoms with Gasteiger partial charge in [0.2, 0.25) is 0 Å². The Hall–Kier alpha value is -2.30. The van der Waals surface area contributed by atoms with Crippen molar-refractivity contribution in [1.82, 2.24) is 10.4 Å². The fourth-order valence-corrected chi connectivity index (χ4v) is 3.90. The highest BCUT2D eigenvalue weighted by Crippen LogP contribution is 2.29. The van der Waals surface area contributed by atoms with Crippen LogP contribution in [-0.4, -0.2) is 17.1 Å². The number of hydrogen-bond donors (Lipinski definition) is 2. The molecule has 1 aliphatic carbocycles. The lowest BCUT2D eigenvalue weighted by Gasteiger charge is -2.10. The van der Waals surface area contributed by atoms with E-state index in [9.17, 15) is 4.79 Å². The lowest BCUT2D eigenvalue weighted by Crippen LogP contribution is -2.17. The van der Waals surface area contributed by atoms with E-state index in [0.29, 0.717) is 21.2 Å². The third-order valence-corrected chi connectivity index (χ3v) is 5.38. The number of rotatable bonds is 3. The summed E-state index contributed by atoms with van der Waals surface area (Å²) in [6.45, 7) is 0. The topological polar surface area (TPSA) is 57.2 Å². The summed E-state index contributed by atoms with van der Waals surface area (Å²) in [6.07, 6.45) is 6.00. The second kappa shape index (κ2) is 7.14. The van der Waals surface area contributed by atoms with Crippen LogP contribution in [0.1, 0.15) is 40.0 Å². The van der Waals surface area contributed by atoms with Gasteiger partial charge in [-0.25, -0.2) is 5.43 Å². The smallest absolute Gasteiger partial charge is 0.271 e. The molecule has 3 aromatic rings. The molecular formula is C20H17Cl2N3O. The number of halogens is 2. The molecule has 26 heavy (non-hydrogen) atoms. The van der Waals surface area contributed by atoms with Crippen LogP contribution in [0.2, 0.25) is 10.0 Å². The number of nitrogens with one attached hydrogen (secondary N) is 2. The molecule has 1 heterocycles. The Labute approximate surface area is 161 Å². The van der Waals surface area contributed by atoms with Gasteiger partial charge in [-0.3, -0.25) is 4.79 Å². The van der Waals surface area contributed by atoms with Gasteiger partial charge in [-0.05, 0) is 61.6 Å². The number of benzene rings is 2. The molecule has 0 bridgehead atoms. The van der Waals surface area contributed by atoms with Crippen LogP contribution in [0.4, 0.5) is 0 Å². The number of carbonyl (C=O) groups excluding carboxylic acids is 1. The number of aromatic nitrogens is 1. The van der Waals surface area contributed by atoms with Crippen LogP contribution in [0.15, 0.2) is 41.5 Å². The van der Waals surface area contributed by atoms with E-state index in [1.807, 2.05) is 12.1 Å². The first-order valence-electron chi connectivity index (χ1n) is 8.54. The second-order valence-corrected chi connectivity index (χ2v) is 7.20. The molecule has 4 nitrogen and oxygen atoms in total. The van der Waals surface area contributed by atoms with Crippen molar-refractivity contribution in [2.75, 3.05) is 0 Å². The number of nitrogens with zero attached hydrogens (tertiary/aromatic N) is 1. The van der Waals surface area contributed by atoms with Crippen LogP contribution in [-0.2, 0) is 12.8 Å². The minimum atomic E-state index is -0.267. The molecule has 0 fully saturated rings. The van der Waals surface area contributed by atoms with E-state index in [0.717, 1.165) is 23.7 Å². The Bertz CT molecular complexity index is 1000. The summed E-state index contributed by atoms with van der Waals surface area (Å²) < 4.78 is 0. The van der Waals surface area contributed by atoms with E-state index < -0.39 is 0 Å². The maximum atomic E-state index is 12.4. The highest BCUT2D eigenvalue weighted by Gasteiger charge is 2.16. The number of carbonyl (C=O) groups is 1. The van der Waals surface area contributed by atoms with E-state index in [4.69, 9.17) is 23.2 Å². The zero-order valence-electron chi connectivity index (χ0n) is 14.0. The van der Waals surface area contributed by atoms with Crippen molar-refractivity contribution in [2.24, 2.45) is 5.10 Å². The van der Waals surface area contributed by atoms with Gasteiger partial charge in [-0.2, -0.15) is 5.10 Å². The van der Waals surface area contributed by atoms with E-state index in [1.165, 1.54) is 30.3 Å². The Morgan fingerprint density at radius 3 is 2.69 bits per heavy atom. The lowest BCUT2D eigenvalue weighted by molar-refractivity contribution is 0.0955. The quantitative estimate of drug-likeness (QED) is 0.477. The van der Waals surface area contributed by atoms with Crippen molar-refractivity contribution in [3.8, 4) is 0 Å². The highest BCUT2D eigenvalue weighted by molar-refractivity contribution is 6.38. The van der Waals surface area contributed by atoms with Crippen LogP contribution in [0.3, 0.4) is 0 Å². The van der Waals surface area contributed by atoms with Crippen LogP contribution < -0.4 is 5.43 Å². The number of aromatic amines is 1. The fourth-order valence-electron chi connectivity index (χ4n) is 3.40. The molecule has 1 aliphatic rings. The Morgan fingerprint density at radius 1 is 1.12 bits per heavy atom. The van der Waals surface area contributed by atoms with Crippen LogP contribution in [0.5, 0.6) is 0 Å². The standard InChI is InChI=1S/C20H17Cl2N3O/c21-16-5-3-6-17(22)15(16)11-23-25-20(26)12-8-9-19-14(10-12)13-4-1-2-7-18(13)24-19/h3,5-6,8-11,24H,1-2,4,7H2,(H,25,26)/b23-11+. The SMILES string of the molecule is O=C(N/N=C/c1c(Cl)cccc1Cl)c1ccc2[nH]c3c(c2c1)CCCC3. The largest absolute Gasteiger partial charge is 0.358 e. The first-order valence-corrected chi connectivity index (χ1v) is 9.30. The maximum Gasteiger partial charge on any atom is 0.271 e. The molecule has 6 heteroatoms. The van der Waals surface area contributed by atoms with Crippen LogP contribution >= 0.6 is 23.2 Å². The lowest BCUT2D eigenvalue weighted by atomic mass is 9.95. The van der Waals surface area contributed by atoms with Crippen molar-refractivity contribution >= 4 is 46.2 Å². The molecule has 2 aromatic carbocycles. The van der Waals surface area contributed by atoms with E-state index in [-0.39, 0.29) is 5.91 Å². The molecule has 0 radical (unpaired) electrons. The fraction of sp³-hybridized carbons (Fsp3) is 0.200. The average Bonchev–Trinajstić information content (AvgIpc) is 3.02. The molecule has 0 unspecified atom stereocenters. The molecule has 0 atom stereocenters. The van der Waals surface area contributed by atoms with Gasteiger partial charge in [-0.1, -0.05) is 29.3 Å². The highest BCUT2D eigenvalue weighted by atomic mass is 35.5. The van der Waals surface area contributed by atoms with Gasteiger partial charge in [0.25, 0.3) is 5.91 Å². The van der Waals surface area contributed by atoms with E-state index in [2.05, 4.69) is 15.5 Å². The van der Waals surface area contributed by atoms with Crippen molar-refractivity contribution in [3.63, 3.8) is 0 Å². The normalized spacial score (nSPS) is 13.9. The maximum absolute atomic E-state index is 12.4. The molecule has 0 saturated carbocycles. The molecule has 132 valence electrons. The number of hydrazone groups is 1. The Morgan fingerprint density at radius 2 is 1.88 bits per heavy atom. The first-order chi connectivity index (χ1) is 12.6. The molecule has 1 aromatic heterocycles. The van der Waals surface area contributed by atoms with Crippen LogP contribution in [0.25, 0.3) is 10.9 Å². The van der Waals surface area contributed by atoms with Gasteiger partial charge in [0.1, 0.15) is 0 Å². The Balaban J connectivity index is 1.55. The number of hydrogen-bond acceptors (Lipinski definition) is 2. The summed E-state index contributed by atoms with van der Waals surface area (Å²) in [5, 5.41) is 6.09. The van der Waals surface area contributed by atoms with Crippen molar-refractivity contribution in [1.29, 1.82) is 0 Å². The second-order valence-electron chi connectivity index (χ2n) is 6.38. The summed E-state index contributed by atoms with van der Waals surface area (Å²) in [7, 11) is 0. The van der Waals surface area contributed by atoms with E-state index in [1.54, 1.807) is 24.3 Å². The average molecular weight is 386 g/mol. The van der Waals surface area contributed by atoms with Gasteiger partial charge in [-0.15, -0.1) is 0 Å². The monoisotopic (exact) mass is 385 g/mol. The predicted molar refractivity (Wildman–Crippen MR) is 106 cm³/mol. The molecular weight excluding hydrogens is 369 g/mol. The van der Waals surface area contributed by atoms with E-state index >= 15 is 0 Å². The van der Waals surface area contributed by atoms with Crippen molar-refractivity contribution in [3.05, 3.63) is 68.8 Å². The third kappa shape index (κ3) is 3.22. The summed E-state index contributed by atoms with van der Waals surface area (Å²) >= 11 is 12.2. The minimum absolute atomic E-state index is 0.267. The molecule has 1 amide bonds.